The number of aliphatic hydroxyl groups excluding tert-OH is 1. The molecule has 0 saturated heterocycles. The Bertz CT molecular complexity index is 406. The number of nitrogens with one attached hydrogen (secondary N) is 1. The van der Waals surface area contributed by atoms with Crippen LogP contribution >= 0.6 is 0 Å². The Morgan fingerprint density at radius 2 is 2.05 bits per heavy atom. The van der Waals surface area contributed by atoms with Crippen LogP contribution in [0.4, 0.5) is 5.69 Å². The number of anilines is 1. The molecule has 4 nitrogen and oxygen atoms in total. The normalized spacial score (nSPS) is 15.5. The van der Waals surface area contributed by atoms with Crippen molar-refractivity contribution in [3.05, 3.63) is 29.8 Å². The van der Waals surface area contributed by atoms with Gasteiger partial charge in [0.05, 0.1) is 13.2 Å². The highest BCUT2D eigenvalue weighted by molar-refractivity contribution is 5.54. The van der Waals surface area contributed by atoms with E-state index in [2.05, 4.69) is 34.5 Å². The first-order chi connectivity index (χ1) is 10.4. The first kappa shape index (κ1) is 16.3. The van der Waals surface area contributed by atoms with Gasteiger partial charge in [-0.3, -0.25) is 0 Å². The highest BCUT2D eigenvalue weighted by atomic mass is 16.5. The highest BCUT2D eigenvalue weighted by Crippen LogP contribution is 2.30. The van der Waals surface area contributed by atoms with E-state index >= 15 is 0 Å². The number of hydrogen-bond donors (Lipinski definition) is 2. The molecule has 1 aromatic carbocycles. The van der Waals surface area contributed by atoms with Crippen molar-refractivity contribution in [2.75, 3.05) is 38.3 Å². The fourth-order valence-corrected chi connectivity index (χ4v) is 3.16. The van der Waals surface area contributed by atoms with Crippen molar-refractivity contribution in [2.24, 2.45) is 0 Å². The SMILES string of the molecule is COCCNCc1ccccc1N(CCO)C1CCCC1. The molecular formula is C17H28N2O2. The molecular weight excluding hydrogens is 264 g/mol. The van der Waals surface area contributed by atoms with Gasteiger partial charge in [0.15, 0.2) is 0 Å². The van der Waals surface area contributed by atoms with E-state index in [0.29, 0.717) is 6.04 Å². The molecule has 1 aromatic rings. The van der Waals surface area contributed by atoms with Crippen molar-refractivity contribution >= 4 is 5.69 Å². The summed E-state index contributed by atoms with van der Waals surface area (Å²) in [5.41, 5.74) is 2.57. The van der Waals surface area contributed by atoms with E-state index in [1.807, 2.05) is 0 Å². The van der Waals surface area contributed by atoms with Gasteiger partial charge in [-0.05, 0) is 24.5 Å². The van der Waals surface area contributed by atoms with Crippen LogP contribution in [0.15, 0.2) is 24.3 Å². The van der Waals surface area contributed by atoms with Gasteiger partial charge in [-0.2, -0.15) is 0 Å². The molecule has 0 aromatic heterocycles. The molecule has 0 heterocycles. The lowest BCUT2D eigenvalue weighted by Crippen LogP contribution is -2.36. The van der Waals surface area contributed by atoms with Crippen molar-refractivity contribution in [1.29, 1.82) is 0 Å². The summed E-state index contributed by atoms with van der Waals surface area (Å²) < 4.78 is 5.07. The molecule has 1 aliphatic rings. The van der Waals surface area contributed by atoms with Gasteiger partial charge in [0.1, 0.15) is 0 Å². The Balaban J connectivity index is 2.07. The first-order valence-electron chi connectivity index (χ1n) is 8.02. The topological polar surface area (TPSA) is 44.7 Å². The fraction of sp³-hybridized carbons (Fsp3) is 0.647. The third-order valence-electron chi connectivity index (χ3n) is 4.21. The average molecular weight is 292 g/mol. The summed E-state index contributed by atoms with van der Waals surface area (Å²) in [7, 11) is 1.72. The van der Waals surface area contributed by atoms with E-state index in [1.165, 1.54) is 36.9 Å². The Morgan fingerprint density at radius 1 is 1.29 bits per heavy atom. The second-order valence-electron chi connectivity index (χ2n) is 5.65. The third kappa shape index (κ3) is 4.70. The molecule has 0 bridgehead atoms. The molecule has 1 aliphatic carbocycles. The minimum Gasteiger partial charge on any atom is -0.395 e. The van der Waals surface area contributed by atoms with E-state index in [1.54, 1.807) is 7.11 Å². The van der Waals surface area contributed by atoms with Gasteiger partial charge >= 0.3 is 0 Å². The molecule has 0 spiro atoms. The lowest BCUT2D eigenvalue weighted by Gasteiger charge is -2.32. The lowest BCUT2D eigenvalue weighted by molar-refractivity contribution is 0.199. The molecule has 21 heavy (non-hydrogen) atoms. The van der Waals surface area contributed by atoms with Gasteiger partial charge in [0.2, 0.25) is 0 Å². The number of aliphatic hydroxyl groups is 1. The molecule has 2 rings (SSSR count). The van der Waals surface area contributed by atoms with Crippen molar-refractivity contribution in [2.45, 2.75) is 38.3 Å². The standard InChI is InChI=1S/C17H28N2O2/c1-21-13-10-18-14-15-6-2-5-9-17(15)19(11-12-20)16-7-3-4-8-16/h2,5-6,9,16,18,20H,3-4,7-8,10-14H2,1H3. The van der Waals surface area contributed by atoms with Crippen LogP contribution in [0.5, 0.6) is 0 Å². The maximum absolute atomic E-state index is 9.42. The number of ether oxygens (including phenoxy) is 1. The molecule has 2 N–H and O–H groups in total. The zero-order valence-corrected chi connectivity index (χ0v) is 13.1. The van der Waals surface area contributed by atoms with Crippen LogP contribution in [0.25, 0.3) is 0 Å². The van der Waals surface area contributed by atoms with Crippen LogP contribution in [0.2, 0.25) is 0 Å². The molecule has 118 valence electrons. The van der Waals surface area contributed by atoms with Gasteiger partial charge in [-0.25, -0.2) is 0 Å². The predicted molar refractivity (Wildman–Crippen MR) is 86.7 cm³/mol. The van der Waals surface area contributed by atoms with Crippen LogP contribution < -0.4 is 10.2 Å². The maximum atomic E-state index is 9.42. The summed E-state index contributed by atoms with van der Waals surface area (Å²) in [4.78, 5) is 2.40. The third-order valence-corrected chi connectivity index (χ3v) is 4.21. The monoisotopic (exact) mass is 292 g/mol. The van der Waals surface area contributed by atoms with E-state index in [0.717, 1.165) is 26.2 Å². The number of para-hydroxylation sites is 1. The molecule has 0 unspecified atom stereocenters. The maximum Gasteiger partial charge on any atom is 0.0606 e. The summed E-state index contributed by atoms with van der Waals surface area (Å²) in [5.74, 6) is 0. The smallest absolute Gasteiger partial charge is 0.0606 e. The van der Waals surface area contributed by atoms with Gasteiger partial charge in [-0.15, -0.1) is 0 Å². The number of hydrogen-bond acceptors (Lipinski definition) is 4. The van der Waals surface area contributed by atoms with E-state index in [9.17, 15) is 5.11 Å². The molecule has 4 heteroatoms. The van der Waals surface area contributed by atoms with E-state index in [-0.39, 0.29) is 6.61 Å². The number of rotatable bonds is 9. The van der Waals surface area contributed by atoms with Crippen LogP contribution in [0.3, 0.4) is 0 Å². The molecule has 1 fully saturated rings. The quantitative estimate of drug-likeness (QED) is 0.685. The van der Waals surface area contributed by atoms with Crippen LogP contribution in [-0.2, 0) is 11.3 Å². The molecule has 0 amide bonds. The Labute approximate surface area is 128 Å². The molecule has 1 saturated carbocycles. The van der Waals surface area contributed by atoms with Crippen molar-refractivity contribution in [1.82, 2.24) is 5.32 Å². The predicted octanol–water partition coefficient (Wildman–Crippen LogP) is 2.16. The highest BCUT2D eigenvalue weighted by Gasteiger charge is 2.23. The Kier molecular flexibility index (Phi) is 7.00. The van der Waals surface area contributed by atoms with Crippen LogP contribution in [0.1, 0.15) is 31.2 Å². The average Bonchev–Trinajstić information content (AvgIpc) is 3.04. The van der Waals surface area contributed by atoms with Gasteiger partial charge in [-0.1, -0.05) is 31.0 Å². The summed E-state index contributed by atoms with van der Waals surface area (Å²) in [6.45, 7) is 3.36. The van der Waals surface area contributed by atoms with E-state index < -0.39 is 0 Å². The van der Waals surface area contributed by atoms with Crippen molar-refractivity contribution in [3.8, 4) is 0 Å². The molecule has 0 aliphatic heterocycles. The minimum absolute atomic E-state index is 0.210. The zero-order valence-electron chi connectivity index (χ0n) is 13.1. The number of nitrogens with zero attached hydrogens (tertiary/aromatic N) is 1. The zero-order chi connectivity index (χ0) is 14.9. The summed E-state index contributed by atoms with van der Waals surface area (Å²) >= 11 is 0. The summed E-state index contributed by atoms with van der Waals surface area (Å²) in [5, 5.41) is 12.8. The van der Waals surface area contributed by atoms with Crippen molar-refractivity contribution in [3.63, 3.8) is 0 Å². The van der Waals surface area contributed by atoms with Crippen LogP contribution in [-0.4, -0.2) is 44.6 Å². The Hall–Kier alpha value is -1.10. The lowest BCUT2D eigenvalue weighted by atomic mass is 10.1. The summed E-state index contributed by atoms with van der Waals surface area (Å²) in [6.07, 6.45) is 5.10. The van der Waals surface area contributed by atoms with Gasteiger partial charge in [0, 0.05) is 38.5 Å². The molecule has 0 radical (unpaired) electrons. The first-order valence-corrected chi connectivity index (χ1v) is 8.02. The van der Waals surface area contributed by atoms with Gasteiger partial charge in [0.25, 0.3) is 0 Å². The summed E-state index contributed by atoms with van der Waals surface area (Å²) in [6, 6.07) is 9.11. The van der Waals surface area contributed by atoms with Gasteiger partial charge < -0.3 is 20.1 Å². The molecule has 0 atom stereocenters. The minimum atomic E-state index is 0.210. The van der Waals surface area contributed by atoms with Crippen LogP contribution in [0, 0.1) is 0 Å². The second-order valence-corrected chi connectivity index (χ2v) is 5.65. The number of benzene rings is 1. The second kappa shape index (κ2) is 9.03. The van der Waals surface area contributed by atoms with Crippen molar-refractivity contribution < 1.29 is 9.84 Å². The largest absolute Gasteiger partial charge is 0.395 e. The van der Waals surface area contributed by atoms with E-state index in [4.69, 9.17) is 4.74 Å². The number of methoxy groups -OCH3 is 1. The fourth-order valence-electron chi connectivity index (χ4n) is 3.16. The Morgan fingerprint density at radius 3 is 2.76 bits per heavy atom.